The fraction of sp³-hybridized carbons (Fsp3) is 0.333. The lowest BCUT2D eigenvalue weighted by molar-refractivity contribution is -0.119. The maximum absolute atomic E-state index is 12.7. The van der Waals surface area contributed by atoms with Crippen LogP contribution in [0.3, 0.4) is 0 Å². The minimum atomic E-state index is -0.346. The van der Waals surface area contributed by atoms with Crippen LogP contribution in [0.15, 0.2) is 27.2 Å². The fourth-order valence-corrected chi connectivity index (χ4v) is 3.19. The average Bonchev–Trinajstić information content (AvgIpc) is 2.76. The maximum atomic E-state index is 12.7. The van der Waals surface area contributed by atoms with Crippen molar-refractivity contribution in [3.8, 4) is 0 Å². The van der Waals surface area contributed by atoms with Crippen LogP contribution in [0.5, 0.6) is 0 Å². The molecule has 0 saturated carbocycles. The summed E-state index contributed by atoms with van der Waals surface area (Å²) in [6, 6.07) is 5.43. The Labute approximate surface area is 137 Å². The highest BCUT2D eigenvalue weighted by Crippen LogP contribution is 2.31. The molecule has 0 radical (unpaired) electrons. The second kappa shape index (κ2) is 6.20. The summed E-state index contributed by atoms with van der Waals surface area (Å²) in [5.41, 5.74) is 2.24. The summed E-state index contributed by atoms with van der Waals surface area (Å²) >= 11 is 9.56. The van der Waals surface area contributed by atoms with Crippen molar-refractivity contribution in [3.05, 3.63) is 44.7 Å². The van der Waals surface area contributed by atoms with E-state index < -0.39 is 0 Å². The van der Waals surface area contributed by atoms with Crippen LogP contribution in [0.25, 0.3) is 0 Å². The Bertz CT molecular complexity index is 665. The third kappa shape index (κ3) is 3.14. The van der Waals surface area contributed by atoms with Crippen molar-refractivity contribution in [2.24, 2.45) is 0 Å². The molecule has 1 unspecified atom stereocenters. The molecule has 1 amide bonds. The fourth-order valence-electron chi connectivity index (χ4n) is 2.39. The summed E-state index contributed by atoms with van der Waals surface area (Å²) in [5.74, 6) is 0.262. The summed E-state index contributed by atoms with van der Waals surface area (Å²) in [7, 11) is 1.71. The van der Waals surface area contributed by atoms with Crippen molar-refractivity contribution in [2.75, 3.05) is 11.9 Å². The molecular weight excluding hydrogens is 356 g/mol. The Morgan fingerprint density at radius 3 is 2.62 bits per heavy atom. The molecule has 0 fully saturated rings. The lowest BCUT2D eigenvalue weighted by Gasteiger charge is -2.22. The van der Waals surface area contributed by atoms with Gasteiger partial charge in [0.15, 0.2) is 0 Å². The molecule has 112 valence electrons. The maximum Gasteiger partial charge on any atom is 0.234 e. The van der Waals surface area contributed by atoms with Crippen molar-refractivity contribution < 1.29 is 9.32 Å². The second-order valence-electron chi connectivity index (χ2n) is 4.95. The summed E-state index contributed by atoms with van der Waals surface area (Å²) in [4.78, 5) is 14.2. The van der Waals surface area contributed by atoms with Gasteiger partial charge in [0.25, 0.3) is 0 Å². The molecule has 21 heavy (non-hydrogen) atoms. The van der Waals surface area contributed by atoms with Crippen LogP contribution in [0, 0.1) is 13.8 Å². The van der Waals surface area contributed by atoms with E-state index in [0.29, 0.717) is 16.5 Å². The Morgan fingerprint density at radius 1 is 1.43 bits per heavy atom. The predicted molar refractivity (Wildman–Crippen MR) is 87.0 cm³/mol. The Kier molecular flexibility index (Phi) is 4.74. The average molecular weight is 372 g/mol. The molecule has 0 bridgehead atoms. The molecule has 0 aliphatic heterocycles. The minimum absolute atomic E-state index is 0.0615. The van der Waals surface area contributed by atoms with E-state index in [0.717, 1.165) is 15.7 Å². The molecule has 1 aromatic carbocycles. The number of aromatic nitrogens is 1. The molecule has 1 aromatic heterocycles. The van der Waals surface area contributed by atoms with Crippen LogP contribution in [0.1, 0.15) is 29.9 Å². The van der Waals surface area contributed by atoms with Gasteiger partial charge in [-0.25, -0.2) is 0 Å². The first kappa shape index (κ1) is 16.0. The zero-order valence-electron chi connectivity index (χ0n) is 12.3. The zero-order chi connectivity index (χ0) is 15.7. The van der Waals surface area contributed by atoms with E-state index in [1.54, 1.807) is 18.0 Å². The molecule has 1 atom stereocenters. The first-order chi connectivity index (χ1) is 9.82. The zero-order valence-corrected chi connectivity index (χ0v) is 14.6. The van der Waals surface area contributed by atoms with Gasteiger partial charge in [-0.1, -0.05) is 32.7 Å². The highest BCUT2D eigenvalue weighted by molar-refractivity contribution is 9.10. The number of halogens is 2. The Hall–Kier alpha value is -1.33. The highest BCUT2D eigenvalue weighted by atomic mass is 79.9. The molecule has 0 N–H and O–H groups in total. The van der Waals surface area contributed by atoms with Gasteiger partial charge < -0.3 is 9.42 Å². The second-order valence-corrected chi connectivity index (χ2v) is 6.28. The first-order valence-electron chi connectivity index (χ1n) is 6.48. The van der Waals surface area contributed by atoms with Gasteiger partial charge in [-0.3, -0.25) is 4.79 Å². The van der Waals surface area contributed by atoms with Crippen LogP contribution in [0.4, 0.5) is 5.69 Å². The molecule has 2 rings (SSSR count). The summed E-state index contributed by atoms with van der Waals surface area (Å²) in [6.45, 7) is 5.49. The quantitative estimate of drug-likeness (QED) is 0.799. The molecule has 1 heterocycles. The first-order valence-corrected chi connectivity index (χ1v) is 7.65. The molecular formula is C15H16BrClN2O2. The summed E-state index contributed by atoms with van der Waals surface area (Å²) in [6.07, 6.45) is 0. The monoisotopic (exact) mass is 370 g/mol. The number of amides is 1. The Morgan fingerprint density at radius 2 is 2.10 bits per heavy atom. The van der Waals surface area contributed by atoms with Crippen molar-refractivity contribution >= 4 is 39.1 Å². The molecule has 4 nitrogen and oxygen atoms in total. The van der Waals surface area contributed by atoms with E-state index in [4.69, 9.17) is 16.1 Å². The molecule has 0 aliphatic rings. The van der Waals surface area contributed by atoms with Crippen LogP contribution in [0.2, 0.25) is 5.02 Å². The normalized spacial score (nSPS) is 12.3. The smallest absolute Gasteiger partial charge is 0.234 e. The van der Waals surface area contributed by atoms with E-state index in [2.05, 4.69) is 21.1 Å². The van der Waals surface area contributed by atoms with E-state index in [-0.39, 0.29) is 11.8 Å². The number of hydrogen-bond donors (Lipinski definition) is 0. The van der Waals surface area contributed by atoms with Gasteiger partial charge in [0, 0.05) is 17.1 Å². The summed E-state index contributed by atoms with van der Waals surface area (Å²) < 4.78 is 6.01. The SMILES string of the molecule is Cc1noc(C)c1C(C)C(=O)N(C)c1ccc(Br)cc1Cl. The third-order valence-corrected chi connectivity index (χ3v) is 4.29. The molecule has 0 aliphatic carbocycles. The topological polar surface area (TPSA) is 46.3 Å². The molecule has 2 aromatic rings. The van der Waals surface area contributed by atoms with Crippen LogP contribution in [-0.2, 0) is 4.79 Å². The van der Waals surface area contributed by atoms with Crippen molar-refractivity contribution in [1.82, 2.24) is 5.16 Å². The number of benzene rings is 1. The van der Waals surface area contributed by atoms with Gasteiger partial charge in [0.1, 0.15) is 5.76 Å². The third-order valence-electron chi connectivity index (χ3n) is 3.49. The van der Waals surface area contributed by atoms with Crippen LogP contribution < -0.4 is 4.90 Å². The van der Waals surface area contributed by atoms with Crippen molar-refractivity contribution in [1.29, 1.82) is 0 Å². The number of anilines is 1. The van der Waals surface area contributed by atoms with E-state index in [9.17, 15) is 4.79 Å². The Balaban J connectivity index is 2.31. The number of likely N-dealkylation sites (N-methyl/N-ethyl adjacent to an activating group) is 1. The van der Waals surface area contributed by atoms with Gasteiger partial charge >= 0.3 is 0 Å². The summed E-state index contributed by atoms with van der Waals surface area (Å²) in [5, 5.41) is 4.42. The van der Waals surface area contributed by atoms with Gasteiger partial charge in [-0.05, 0) is 39.0 Å². The molecule has 6 heteroatoms. The molecule has 0 saturated heterocycles. The van der Waals surface area contributed by atoms with Gasteiger partial charge in [-0.2, -0.15) is 0 Å². The number of hydrogen-bond acceptors (Lipinski definition) is 3. The number of nitrogens with zero attached hydrogens (tertiary/aromatic N) is 2. The highest BCUT2D eigenvalue weighted by Gasteiger charge is 2.26. The van der Waals surface area contributed by atoms with E-state index in [1.165, 1.54) is 0 Å². The number of carbonyl (C=O) groups is 1. The minimum Gasteiger partial charge on any atom is -0.361 e. The largest absolute Gasteiger partial charge is 0.361 e. The number of rotatable bonds is 3. The lowest BCUT2D eigenvalue weighted by atomic mass is 9.98. The number of aryl methyl sites for hydroxylation is 2. The van der Waals surface area contributed by atoms with Crippen molar-refractivity contribution in [2.45, 2.75) is 26.7 Å². The van der Waals surface area contributed by atoms with Crippen LogP contribution in [-0.4, -0.2) is 18.1 Å². The van der Waals surface area contributed by atoms with Crippen LogP contribution >= 0.6 is 27.5 Å². The standard InChI is InChI=1S/C15H16BrClN2O2/c1-8(14-9(2)18-21-10(14)3)15(20)19(4)13-6-5-11(16)7-12(13)17/h5-8H,1-4H3. The van der Waals surface area contributed by atoms with Gasteiger partial charge in [-0.15, -0.1) is 0 Å². The molecule has 0 spiro atoms. The van der Waals surface area contributed by atoms with Crippen molar-refractivity contribution in [3.63, 3.8) is 0 Å². The van der Waals surface area contributed by atoms with E-state index >= 15 is 0 Å². The lowest BCUT2D eigenvalue weighted by Crippen LogP contribution is -2.31. The van der Waals surface area contributed by atoms with Gasteiger partial charge in [0.2, 0.25) is 5.91 Å². The number of carbonyl (C=O) groups excluding carboxylic acids is 1. The predicted octanol–water partition coefficient (Wildman–Crippen LogP) is 4.47. The van der Waals surface area contributed by atoms with E-state index in [1.807, 2.05) is 32.9 Å². The van der Waals surface area contributed by atoms with Gasteiger partial charge in [0.05, 0.1) is 22.3 Å².